The van der Waals surface area contributed by atoms with Gasteiger partial charge in [-0.1, -0.05) is 80.8 Å². The predicted octanol–water partition coefficient (Wildman–Crippen LogP) is 10.1. The van der Waals surface area contributed by atoms with E-state index in [1.165, 1.54) is 32.6 Å². The Balaban J connectivity index is 0.000000253. The molecule has 0 atom stereocenters. The minimum atomic E-state index is -1.56. The average molecular weight is 761 g/mol. The van der Waals surface area contributed by atoms with Crippen molar-refractivity contribution >= 4 is 35.2 Å². The third kappa shape index (κ3) is 7.07. The summed E-state index contributed by atoms with van der Waals surface area (Å²) in [7, 11) is -1.56. The van der Waals surface area contributed by atoms with Gasteiger partial charge in [0.25, 0.3) is 0 Å². The van der Waals surface area contributed by atoms with Gasteiger partial charge in [0.1, 0.15) is 5.58 Å². The van der Waals surface area contributed by atoms with Crippen LogP contribution in [0.5, 0.6) is 0 Å². The molecule has 3 aromatic carbocycles. The van der Waals surface area contributed by atoms with Crippen molar-refractivity contribution in [2.75, 3.05) is 0 Å². The standard InChI is InChI=1S/C26H30NOSi.C12H10N.Ir/c1-7-18(8-2)21-15-22(27-16-17(21)3)19-13-14-24(29(4,5)6)25-20-11-9-10-12-23(20)28-26(19)25;1-10-7-8-12(13-9-10)11-5-3-2-4-6-11;/h9-12,14-16,18H,7-8H2,1-6H3;2-5,7-9H,1H3;/q2*-1;. The Labute approximate surface area is 271 Å². The number of rotatable bonds is 6. The normalized spacial score (nSPS) is 11.3. The quantitative estimate of drug-likeness (QED) is 0.125. The number of aromatic nitrogens is 2. The first kappa shape index (κ1) is 32.5. The fourth-order valence-electron chi connectivity index (χ4n) is 5.58. The summed E-state index contributed by atoms with van der Waals surface area (Å²) in [5.41, 5.74) is 9.67. The molecule has 0 spiro atoms. The Morgan fingerprint density at radius 1 is 0.837 bits per heavy atom. The van der Waals surface area contributed by atoms with E-state index >= 15 is 0 Å². The van der Waals surface area contributed by atoms with E-state index in [2.05, 4.69) is 93.9 Å². The van der Waals surface area contributed by atoms with Gasteiger partial charge in [0.15, 0.2) is 0 Å². The van der Waals surface area contributed by atoms with Crippen molar-refractivity contribution in [3.63, 3.8) is 0 Å². The molecular formula is C38H40IrN2OSi-2. The molecule has 6 aromatic rings. The van der Waals surface area contributed by atoms with Crippen LogP contribution < -0.4 is 5.19 Å². The maximum Gasteiger partial charge on any atom is 0.120 e. The number of para-hydroxylation sites is 1. The Hall–Kier alpha value is -3.37. The molecule has 0 fully saturated rings. The number of hydrogen-bond donors (Lipinski definition) is 0. The summed E-state index contributed by atoms with van der Waals surface area (Å²) in [5, 5.41) is 3.84. The van der Waals surface area contributed by atoms with Gasteiger partial charge in [0.2, 0.25) is 0 Å². The van der Waals surface area contributed by atoms with Crippen molar-refractivity contribution in [1.82, 2.24) is 9.97 Å². The zero-order valence-electron chi connectivity index (χ0n) is 26.2. The molecule has 1 radical (unpaired) electrons. The van der Waals surface area contributed by atoms with Gasteiger partial charge in [-0.25, -0.2) is 0 Å². The molecule has 43 heavy (non-hydrogen) atoms. The van der Waals surface area contributed by atoms with Gasteiger partial charge in [-0.05, 0) is 66.8 Å². The number of fused-ring (bicyclic) bond motifs is 3. The number of aryl methyl sites for hydroxylation is 2. The first-order valence-corrected chi connectivity index (χ1v) is 18.4. The zero-order chi connectivity index (χ0) is 29.9. The molecule has 0 saturated heterocycles. The number of pyridine rings is 2. The largest absolute Gasteiger partial charge is 0.501 e. The third-order valence-electron chi connectivity index (χ3n) is 7.98. The Morgan fingerprint density at radius 3 is 2.21 bits per heavy atom. The van der Waals surface area contributed by atoms with E-state index in [1.807, 2.05) is 55.7 Å². The summed E-state index contributed by atoms with van der Waals surface area (Å²) in [6.07, 6.45) is 6.16. The van der Waals surface area contributed by atoms with Crippen molar-refractivity contribution in [2.24, 2.45) is 0 Å². The monoisotopic (exact) mass is 761 g/mol. The van der Waals surface area contributed by atoms with Gasteiger partial charge < -0.3 is 14.4 Å². The number of benzene rings is 3. The van der Waals surface area contributed by atoms with E-state index in [1.54, 1.807) is 0 Å². The van der Waals surface area contributed by atoms with Crippen molar-refractivity contribution < 1.29 is 24.5 Å². The van der Waals surface area contributed by atoms with E-state index in [0.29, 0.717) is 5.92 Å². The van der Waals surface area contributed by atoms with Gasteiger partial charge in [-0.2, -0.15) is 0 Å². The van der Waals surface area contributed by atoms with Crippen LogP contribution in [0.4, 0.5) is 0 Å². The van der Waals surface area contributed by atoms with Crippen LogP contribution >= 0.6 is 0 Å². The first-order valence-electron chi connectivity index (χ1n) is 14.9. The van der Waals surface area contributed by atoms with Crippen molar-refractivity contribution in [2.45, 2.75) is 66.1 Å². The molecule has 0 unspecified atom stereocenters. The summed E-state index contributed by atoms with van der Waals surface area (Å²) >= 11 is 0. The fraction of sp³-hybridized carbons (Fsp3) is 0.263. The predicted molar refractivity (Wildman–Crippen MR) is 180 cm³/mol. The molecule has 223 valence electrons. The maximum absolute atomic E-state index is 6.41. The van der Waals surface area contributed by atoms with Gasteiger partial charge in [-0.3, -0.25) is 0 Å². The number of nitrogens with zero attached hydrogens (tertiary/aromatic N) is 2. The molecule has 3 heterocycles. The van der Waals surface area contributed by atoms with E-state index in [-0.39, 0.29) is 20.1 Å². The van der Waals surface area contributed by atoms with Crippen molar-refractivity contribution in [3.8, 4) is 22.5 Å². The molecule has 6 rings (SSSR count). The second-order valence-electron chi connectivity index (χ2n) is 12.1. The van der Waals surface area contributed by atoms with Gasteiger partial charge >= 0.3 is 0 Å². The van der Waals surface area contributed by atoms with Crippen LogP contribution in [0.1, 0.15) is 49.3 Å². The van der Waals surface area contributed by atoms with Gasteiger partial charge in [-0.15, -0.1) is 53.2 Å². The van der Waals surface area contributed by atoms with Crippen LogP contribution in [-0.4, -0.2) is 18.0 Å². The van der Waals surface area contributed by atoms with E-state index < -0.39 is 8.07 Å². The maximum atomic E-state index is 6.41. The third-order valence-corrected chi connectivity index (χ3v) is 9.99. The topological polar surface area (TPSA) is 38.9 Å². The molecule has 0 bridgehead atoms. The Kier molecular flexibility index (Phi) is 10.6. The molecule has 0 aliphatic heterocycles. The van der Waals surface area contributed by atoms with Crippen LogP contribution in [0.2, 0.25) is 19.6 Å². The summed E-state index contributed by atoms with van der Waals surface area (Å²) in [6, 6.07) is 31.5. The van der Waals surface area contributed by atoms with Gasteiger partial charge in [0, 0.05) is 46.0 Å². The zero-order valence-corrected chi connectivity index (χ0v) is 29.6. The molecule has 3 aromatic heterocycles. The molecule has 0 amide bonds. The summed E-state index contributed by atoms with van der Waals surface area (Å²) in [4.78, 5) is 9.11. The molecule has 0 saturated carbocycles. The minimum absolute atomic E-state index is 0. The van der Waals surface area contributed by atoms with E-state index in [4.69, 9.17) is 9.40 Å². The van der Waals surface area contributed by atoms with Crippen LogP contribution in [-0.2, 0) is 20.1 Å². The second-order valence-corrected chi connectivity index (χ2v) is 17.1. The first-order chi connectivity index (χ1) is 20.2. The molecule has 0 aliphatic rings. The molecule has 5 heteroatoms. The molecule has 0 aliphatic carbocycles. The summed E-state index contributed by atoms with van der Waals surface area (Å²) < 4.78 is 6.41. The average Bonchev–Trinajstić information content (AvgIpc) is 3.39. The van der Waals surface area contributed by atoms with Crippen LogP contribution in [0.15, 0.2) is 89.6 Å². The molecular weight excluding hydrogens is 721 g/mol. The van der Waals surface area contributed by atoms with Crippen molar-refractivity contribution in [3.05, 3.63) is 114 Å². The Morgan fingerprint density at radius 2 is 1.56 bits per heavy atom. The molecule has 3 nitrogen and oxygen atoms in total. The smallest absolute Gasteiger partial charge is 0.120 e. The fourth-order valence-corrected chi connectivity index (χ4v) is 7.08. The van der Waals surface area contributed by atoms with E-state index in [0.717, 1.165) is 46.5 Å². The van der Waals surface area contributed by atoms with Crippen LogP contribution in [0.3, 0.4) is 0 Å². The minimum Gasteiger partial charge on any atom is -0.501 e. The van der Waals surface area contributed by atoms with Crippen LogP contribution in [0.25, 0.3) is 44.5 Å². The molecule has 0 N–H and O–H groups in total. The Bertz CT molecular complexity index is 1800. The summed E-state index contributed by atoms with van der Waals surface area (Å²) in [6.45, 7) is 15.9. The van der Waals surface area contributed by atoms with Crippen molar-refractivity contribution in [1.29, 1.82) is 0 Å². The van der Waals surface area contributed by atoms with Gasteiger partial charge in [0.05, 0.1) is 5.58 Å². The summed E-state index contributed by atoms with van der Waals surface area (Å²) in [5.74, 6) is 0.559. The number of hydrogen-bond acceptors (Lipinski definition) is 3. The van der Waals surface area contributed by atoms with Crippen LogP contribution in [0, 0.1) is 26.0 Å². The van der Waals surface area contributed by atoms with E-state index in [9.17, 15) is 0 Å². The SMILES string of the molecule is CCC(CC)c1cc(-c2[c-]cc([Si](C)(C)C)c3c2oc2ccccc23)ncc1C.Cc1ccc(-c2[c-]cccc2)nc1.[Ir]. The second kappa shape index (κ2) is 13.9. The number of furan rings is 1.